The summed E-state index contributed by atoms with van der Waals surface area (Å²) < 4.78 is 15.4. The number of hydrogen-bond donors (Lipinski definition) is 0. The molecule has 1 aliphatic heterocycles. The van der Waals surface area contributed by atoms with E-state index < -0.39 is 0 Å². The third-order valence-electron chi connectivity index (χ3n) is 11.2. The quantitative estimate of drug-likeness (QED) is 0.139. The molecule has 1 aliphatic rings. The number of benzene rings is 7. The van der Waals surface area contributed by atoms with Gasteiger partial charge >= 0.3 is 0 Å². The van der Waals surface area contributed by atoms with E-state index in [0.717, 1.165) is 73.4 Å². The molecule has 9 rings (SSSR count). The lowest BCUT2D eigenvalue weighted by Crippen LogP contribution is -2.08. The molecule has 3 nitrogen and oxygen atoms in total. The molecular formula is C54H51NO2. The second kappa shape index (κ2) is 16.8. The molecule has 0 amide bonds. The third kappa shape index (κ3) is 7.50. The minimum absolute atomic E-state index is 0.498. The van der Waals surface area contributed by atoms with Gasteiger partial charge in [-0.25, -0.2) is 0 Å². The summed E-state index contributed by atoms with van der Waals surface area (Å²) >= 11 is 0. The number of nitrogens with zero attached hydrogens (tertiary/aromatic N) is 1. The molecule has 1 aromatic heterocycles. The van der Waals surface area contributed by atoms with Gasteiger partial charge in [0.05, 0.1) is 5.52 Å². The second-order valence-corrected chi connectivity index (χ2v) is 15.3. The van der Waals surface area contributed by atoms with E-state index in [1.807, 2.05) is 37.3 Å². The van der Waals surface area contributed by atoms with E-state index in [1.165, 1.54) is 41.3 Å². The van der Waals surface area contributed by atoms with Gasteiger partial charge in [-0.3, -0.25) is 0 Å². The fraction of sp³-hybridized carbons (Fsp3) is 0.185. The van der Waals surface area contributed by atoms with Crippen LogP contribution in [0, 0.1) is 5.92 Å². The van der Waals surface area contributed by atoms with Crippen molar-refractivity contribution in [3.63, 3.8) is 0 Å². The van der Waals surface area contributed by atoms with Crippen molar-refractivity contribution in [1.29, 1.82) is 0 Å². The van der Waals surface area contributed by atoms with Crippen molar-refractivity contribution in [2.24, 2.45) is 5.92 Å². The molecule has 0 fully saturated rings. The van der Waals surface area contributed by atoms with Crippen LogP contribution in [-0.2, 0) is 0 Å². The van der Waals surface area contributed by atoms with Gasteiger partial charge < -0.3 is 14.0 Å². The predicted octanol–water partition coefficient (Wildman–Crippen LogP) is 16.0. The number of ether oxygens (including phenoxy) is 2. The molecular weight excluding hydrogens is 695 g/mol. The van der Waals surface area contributed by atoms with Gasteiger partial charge in [-0.1, -0.05) is 186 Å². The Hall–Kier alpha value is -6.32. The minimum atomic E-state index is 0.498. The fourth-order valence-corrected chi connectivity index (χ4v) is 8.43. The molecule has 0 saturated heterocycles. The standard InChI is InChI=1S/C31H21NO2.C23H30/c1-19(2)20-10-9-11-21(18-20)32-25-15-6-5-14-24(25)28-22-12-3-4-13-23(22)30-31(29(28)32)34-27-17-8-7-16-26(27)33-30;1-4-12-19(3)23(21-16-10-7-11-17-21)18-22(13-5-2)20-14-8-6-9-15-20/h3-18H,1H2,2H3;6-11,14-19,23H,4-5,12-13H2,1-3H3/b;22-18+. The Kier molecular flexibility index (Phi) is 11.1. The summed E-state index contributed by atoms with van der Waals surface area (Å²) in [5.41, 5.74) is 9.64. The minimum Gasteiger partial charge on any atom is -0.449 e. The van der Waals surface area contributed by atoms with Gasteiger partial charge in [0, 0.05) is 27.8 Å². The Morgan fingerprint density at radius 1 is 0.632 bits per heavy atom. The van der Waals surface area contributed by atoms with Gasteiger partial charge in [-0.05, 0) is 77.2 Å². The smallest absolute Gasteiger partial charge is 0.195 e. The van der Waals surface area contributed by atoms with E-state index >= 15 is 0 Å². The maximum Gasteiger partial charge on any atom is 0.195 e. The van der Waals surface area contributed by atoms with E-state index in [-0.39, 0.29) is 0 Å². The maximum atomic E-state index is 6.60. The number of para-hydroxylation sites is 3. The van der Waals surface area contributed by atoms with Crippen LogP contribution in [0.3, 0.4) is 0 Å². The first-order chi connectivity index (χ1) is 28.0. The highest BCUT2D eigenvalue weighted by molar-refractivity contribution is 6.25. The SMILES string of the molecule is C=C(C)c1cccc(-n2c3ccccc3c3c4ccccc4c4c(c32)Oc2ccccc2O4)c1.CCC/C(=C\C(c1ccccc1)C(C)CCC)c1ccccc1. The summed E-state index contributed by atoms with van der Waals surface area (Å²) in [5.74, 6) is 4.10. The molecule has 2 unspecified atom stereocenters. The average Bonchev–Trinajstić information content (AvgIpc) is 3.61. The van der Waals surface area contributed by atoms with E-state index in [9.17, 15) is 0 Å². The highest BCUT2D eigenvalue weighted by Gasteiger charge is 2.29. The van der Waals surface area contributed by atoms with Crippen molar-refractivity contribution < 1.29 is 9.47 Å². The summed E-state index contributed by atoms with van der Waals surface area (Å²) in [6.07, 6.45) is 7.38. The van der Waals surface area contributed by atoms with Gasteiger partial charge in [-0.15, -0.1) is 0 Å². The van der Waals surface area contributed by atoms with Crippen molar-refractivity contribution >= 4 is 43.7 Å². The first-order valence-corrected chi connectivity index (χ1v) is 20.5. The lowest BCUT2D eigenvalue weighted by Gasteiger charge is -2.24. The van der Waals surface area contributed by atoms with Crippen LogP contribution >= 0.6 is 0 Å². The van der Waals surface area contributed by atoms with Crippen molar-refractivity contribution in [2.45, 2.75) is 59.3 Å². The van der Waals surface area contributed by atoms with Crippen molar-refractivity contribution in [3.05, 3.63) is 187 Å². The van der Waals surface area contributed by atoms with Crippen molar-refractivity contribution in [3.8, 4) is 28.7 Å². The van der Waals surface area contributed by atoms with Gasteiger partial charge in [0.1, 0.15) is 5.52 Å². The highest BCUT2D eigenvalue weighted by Crippen LogP contribution is 2.54. The predicted molar refractivity (Wildman–Crippen MR) is 242 cm³/mol. The van der Waals surface area contributed by atoms with Crippen molar-refractivity contribution in [1.82, 2.24) is 4.57 Å². The molecule has 284 valence electrons. The van der Waals surface area contributed by atoms with E-state index in [4.69, 9.17) is 9.47 Å². The Morgan fingerprint density at radius 2 is 1.23 bits per heavy atom. The summed E-state index contributed by atoms with van der Waals surface area (Å²) in [6.45, 7) is 13.1. The van der Waals surface area contributed by atoms with Gasteiger partial charge in [0.25, 0.3) is 0 Å². The number of hydrogen-bond acceptors (Lipinski definition) is 2. The van der Waals surface area contributed by atoms with E-state index in [1.54, 1.807) is 0 Å². The van der Waals surface area contributed by atoms with Crippen LogP contribution < -0.4 is 9.47 Å². The number of fused-ring (bicyclic) bond motifs is 9. The summed E-state index contributed by atoms with van der Waals surface area (Å²) in [5, 5.41) is 4.52. The van der Waals surface area contributed by atoms with E-state index in [2.05, 4.69) is 165 Å². The average molecular weight is 746 g/mol. The number of allylic oxidation sites excluding steroid dienone is 3. The Labute approximate surface area is 337 Å². The molecule has 7 aromatic carbocycles. The number of rotatable bonds is 10. The molecule has 57 heavy (non-hydrogen) atoms. The summed E-state index contributed by atoms with van der Waals surface area (Å²) in [6, 6.07) is 55.2. The first-order valence-electron chi connectivity index (χ1n) is 20.5. The Morgan fingerprint density at radius 3 is 1.91 bits per heavy atom. The maximum absolute atomic E-state index is 6.60. The van der Waals surface area contributed by atoms with Crippen LogP contribution in [0.15, 0.2) is 170 Å². The van der Waals surface area contributed by atoms with E-state index in [0.29, 0.717) is 11.8 Å². The molecule has 0 N–H and O–H groups in total. The van der Waals surface area contributed by atoms with Crippen LogP contribution in [0.4, 0.5) is 0 Å². The van der Waals surface area contributed by atoms with Crippen LogP contribution in [-0.4, -0.2) is 4.57 Å². The van der Waals surface area contributed by atoms with Gasteiger partial charge in [0.2, 0.25) is 0 Å². The topological polar surface area (TPSA) is 23.4 Å². The molecule has 2 atom stereocenters. The Bertz CT molecular complexity index is 2700. The molecule has 0 saturated carbocycles. The monoisotopic (exact) mass is 745 g/mol. The zero-order chi connectivity index (χ0) is 39.3. The lowest BCUT2D eigenvalue weighted by molar-refractivity contribution is 0.366. The van der Waals surface area contributed by atoms with Crippen LogP contribution in [0.2, 0.25) is 0 Å². The molecule has 2 heterocycles. The van der Waals surface area contributed by atoms with Crippen LogP contribution in [0.1, 0.15) is 76.0 Å². The van der Waals surface area contributed by atoms with Crippen LogP contribution in [0.5, 0.6) is 23.0 Å². The van der Waals surface area contributed by atoms with Crippen molar-refractivity contribution in [2.75, 3.05) is 0 Å². The largest absolute Gasteiger partial charge is 0.449 e. The lowest BCUT2D eigenvalue weighted by atomic mass is 9.82. The van der Waals surface area contributed by atoms with Gasteiger partial charge in [-0.2, -0.15) is 0 Å². The Balaban J connectivity index is 0.000000174. The normalized spacial score (nSPS) is 13.2. The fourth-order valence-electron chi connectivity index (χ4n) is 8.43. The molecule has 0 bridgehead atoms. The van der Waals surface area contributed by atoms with Gasteiger partial charge in [0.15, 0.2) is 23.0 Å². The summed E-state index contributed by atoms with van der Waals surface area (Å²) in [4.78, 5) is 0. The molecule has 0 aliphatic carbocycles. The molecule has 8 aromatic rings. The molecule has 3 heteroatoms. The zero-order valence-electron chi connectivity index (χ0n) is 33.5. The molecule has 0 spiro atoms. The van der Waals surface area contributed by atoms with Crippen LogP contribution in [0.25, 0.3) is 49.4 Å². The summed E-state index contributed by atoms with van der Waals surface area (Å²) in [7, 11) is 0. The number of aromatic nitrogens is 1. The second-order valence-electron chi connectivity index (χ2n) is 15.3. The first kappa shape index (κ1) is 37.6. The zero-order valence-corrected chi connectivity index (χ0v) is 33.5. The molecule has 0 radical (unpaired) electrons. The third-order valence-corrected chi connectivity index (χ3v) is 11.2. The highest BCUT2D eigenvalue weighted by atomic mass is 16.6.